The third-order valence-corrected chi connectivity index (χ3v) is 5.08. The second-order valence-corrected chi connectivity index (χ2v) is 6.48. The third kappa shape index (κ3) is 2.71. The van der Waals surface area contributed by atoms with Crippen LogP contribution in [0.3, 0.4) is 0 Å². The lowest BCUT2D eigenvalue weighted by Gasteiger charge is -2.24. The smallest absolute Gasteiger partial charge is 0.270 e. The molecule has 0 N–H and O–H groups in total. The number of nitrogens with zero attached hydrogens (tertiary/aromatic N) is 2. The van der Waals surface area contributed by atoms with E-state index in [0.717, 1.165) is 17.7 Å². The average molecular weight is 337 g/mol. The van der Waals surface area contributed by atoms with Gasteiger partial charge in [-0.15, -0.1) is 11.3 Å². The van der Waals surface area contributed by atoms with Crippen LogP contribution in [-0.4, -0.2) is 22.3 Å². The second-order valence-electron chi connectivity index (χ2n) is 5.09. The summed E-state index contributed by atoms with van der Waals surface area (Å²) in [5.41, 5.74) is 0.0685. The van der Waals surface area contributed by atoms with Gasteiger partial charge in [0.2, 0.25) is 0 Å². The fraction of sp³-hybridized carbons (Fsp3) is 0.267. The molecule has 1 saturated heterocycles. The first-order valence-electron chi connectivity index (χ1n) is 6.86. The van der Waals surface area contributed by atoms with Gasteiger partial charge < -0.3 is 4.90 Å². The lowest BCUT2D eigenvalue weighted by molar-refractivity contribution is -0.384. The summed E-state index contributed by atoms with van der Waals surface area (Å²) in [7, 11) is 0. The monoisotopic (exact) mass is 336 g/mol. The highest BCUT2D eigenvalue weighted by Gasteiger charge is 2.32. The van der Waals surface area contributed by atoms with Gasteiger partial charge in [0.15, 0.2) is 0 Å². The Morgan fingerprint density at radius 3 is 2.91 bits per heavy atom. The van der Waals surface area contributed by atoms with Crippen molar-refractivity contribution in [2.45, 2.75) is 18.9 Å². The minimum atomic E-state index is -0.520. The van der Waals surface area contributed by atoms with Crippen LogP contribution >= 0.6 is 22.9 Å². The molecule has 114 valence electrons. The fourth-order valence-electron chi connectivity index (χ4n) is 2.73. The summed E-state index contributed by atoms with van der Waals surface area (Å²) in [6, 6.07) is 7.97. The van der Waals surface area contributed by atoms with Crippen LogP contribution in [0.1, 0.15) is 34.1 Å². The summed E-state index contributed by atoms with van der Waals surface area (Å²) >= 11 is 7.69. The minimum absolute atomic E-state index is 0.0304. The van der Waals surface area contributed by atoms with Gasteiger partial charge in [-0.1, -0.05) is 17.7 Å². The predicted molar refractivity (Wildman–Crippen MR) is 85.4 cm³/mol. The summed E-state index contributed by atoms with van der Waals surface area (Å²) < 4.78 is 0. The SMILES string of the molecule is O=C(c1cc([N+](=O)[O-])ccc1Cl)N1CCCC1c1cccs1. The first-order chi connectivity index (χ1) is 10.6. The fourth-order valence-corrected chi connectivity index (χ4v) is 3.80. The first kappa shape index (κ1) is 15.0. The number of carbonyl (C=O) groups excluding carboxylic acids is 1. The Morgan fingerprint density at radius 2 is 2.23 bits per heavy atom. The van der Waals surface area contributed by atoms with Crippen molar-refractivity contribution < 1.29 is 9.72 Å². The zero-order chi connectivity index (χ0) is 15.7. The molecule has 1 fully saturated rings. The molecule has 0 bridgehead atoms. The van der Waals surface area contributed by atoms with Crippen LogP contribution in [0.5, 0.6) is 0 Å². The van der Waals surface area contributed by atoms with Gasteiger partial charge in [0.05, 0.1) is 21.6 Å². The van der Waals surface area contributed by atoms with Crippen LogP contribution in [0.15, 0.2) is 35.7 Å². The van der Waals surface area contributed by atoms with Gasteiger partial charge in [-0.3, -0.25) is 14.9 Å². The Balaban J connectivity index is 1.93. The number of halogens is 1. The molecule has 1 aromatic carbocycles. The van der Waals surface area contributed by atoms with Crippen LogP contribution in [0, 0.1) is 10.1 Å². The van der Waals surface area contributed by atoms with E-state index in [1.165, 1.54) is 18.2 Å². The van der Waals surface area contributed by atoms with Gasteiger partial charge in [-0.05, 0) is 30.4 Å². The van der Waals surface area contributed by atoms with E-state index in [4.69, 9.17) is 11.6 Å². The molecule has 3 rings (SSSR count). The predicted octanol–water partition coefficient (Wildman–Crippen LogP) is 4.29. The first-order valence-corrected chi connectivity index (χ1v) is 8.12. The summed E-state index contributed by atoms with van der Waals surface area (Å²) in [5.74, 6) is -0.246. The summed E-state index contributed by atoms with van der Waals surface area (Å²) in [6.07, 6.45) is 1.82. The molecule has 5 nitrogen and oxygen atoms in total. The Bertz CT molecular complexity index is 718. The van der Waals surface area contributed by atoms with Crippen molar-refractivity contribution in [1.29, 1.82) is 0 Å². The zero-order valence-corrected chi connectivity index (χ0v) is 13.1. The molecule has 1 aliphatic rings. The lowest BCUT2D eigenvalue weighted by atomic mass is 10.1. The summed E-state index contributed by atoms with van der Waals surface area (Å²) in [6.45, 7) is 0.639. The summed E-state index contributed by atoms with van der Waals surface area (Å²) in [5, 5.41) is 13.1. The number of carbonyl (C=O) groups is 1. The second kappa shape index (κ2) is 6.06. The number of likely N-dealkylation sites (tertiary alicyclic amines) is 1. The largest absolute Gasteiger partial charge is 0.331 e. The molecular formula is C15H13ClN2O3S. The molecule has 1 unspecified atom stereocenters. The van der Waals surface area contributed by atoms with E-state index in [0.29, 0.717) is 6.54 Å². The number of non-ortho nitro benzene ring substituents is 1. The molecule has 0 saturated carbocycles. The molecule has 2 aromatic rings. The maximum absolute atomic E-state index is 12.8. The number of nitro groups is 1. The molecule has 22 heavy (non-hydrogen) atoms. The maximum Gasteiger partial charge on any atom is 0.270 e. The Labute approximate surface area is 136 Å². The van der Waals surface area contributed by atoms with Crippen molar-refractivity contribution in [3.8, 4) is 0 Å². The van der Waals surface area contributed by atoms with Gasteiger partial charge in [0.1, 0.15) is 0 Å². The van der Waals surface area contributed by atoms with Gasteiger partial charge >= 0.3 is 0 Å². The Morgan fingerprint density at radius 1 is 1.41 bits per heavy atom. The quantitative estimate of drug-likeness (QED) is 0.620. The van der Waals surface area contributed by atoms with E-state index in [1.807, 2.05) is 17.5 Å². The molecule has 1 aromatic heterocycles. The highest BCUT2D eigenvalue weighted by atomic mass is 35.5. The average Bonchev–Trinajstić information content (AvgIpc) is 3.17. The molecule has 0 radical (unpaired) electrons. The number of hydrogen-bond donors (Lipinski definition) is 0. The van der Waals surface area contributed by atoms with Crippen molar-refractivity contribution in [2.24, 2.45) is 0 Å². The van der Waals surface area contributed by atoms with Crippen molar-refractivity contribution in [1.82, 2.24) is 4.90 Å². The number of thiophene rings is 1. The highest BCUT2D eigenvalue weighted by Crippen LogP contribution is 2.36. The highest BCUT2D eigenvalue weighted by molar-refractivity contribution is 7.10. The molecule has 1 aliphatic heterocycles. The van der Waals surface area contributed by atoms with E-state index in [1.54, 1.807) is 16.2 Å². The molecule has 1 atom stereocenters. The number of amides is 1. The normalized spacial score (nSPS) is 17.7. The molecular weight excluding hydrogens is 324 g/mol. The van der Waals surface area contributed by atoms with Crippen molar-refractivity contribution in [2.75, 3.05) is 6.54 Å². The van der Waals surface area contributed by atoms with E-state index in [2.05, 4.69) is 0 Å². The molecule has 7 heteroatoms. The zero-order valence-electron chi connectivity index (χ0n) is 11.6. The standard InChI is InChI=1S/C15H13ClN2O3S/c16-12-6-5-10(18(20)21)9-11(12)15(19)17-7-1-3-13(17)14-4-2-8-22-14/h2,4-6,8-9,13H,1,3,7H2. The van der Waals surface area contributed by atoms with Crippen molar-refractivity contribution >= 4 is 34.5 Å². The lowest BCUT2D eigenvalue weighted by Crippen LogP contribution is -2.30. The van der Waals surface area contributed by atoms with E-state index >= 15 is 0 Å². The molecule has 2 heterocycles. The van der Waals surface area contributed by atoms with Crippen LogP contribution in [0.2, 0.25) is 5.02 Å². The van der Waals surface area contributed by atoms with Gasteiger partial charge in [-0.2, -0.15) is 0 Å². The van der Waals surface area contributed by atoms with Crippen molar-refractivity contribution in [3.05, 3.63) is 61.3 Å². The van der Waals surface area contributed by atoms with E-state index in [-0.39, 0.29) is 28.2 Å². The van der Waals surface area contributed by atoms with Gasteiger partial charge in [0, 0.05) is 23.6 Å². The number of hydrogen-bond acceptors (Lipinski definition) is 4. The third-order valence-electron chi connectivity index (χ3n) is 3.78. The number of rotatable bonds is 3. The minimum Gasteiger partial charge on any atom is -0.331 e. The maximum atomic E-state index is 12.8. The van der Waals surface area contributed by atoms with Crippen molar-refractivity contribution in [3.63, 3.8) is 0 Å². The number of nitro benzene ring substituents is 1. The van der Waals surface area contributed by atoms with Crippen LogP contribution in [-0.2, 0) is 0 Å². The molecule has 0 spiro atoms. The van der Waals surface area contributed by atoms with E-state index < -0.39 is 4.92 Å². The molecule has 1 amide bonds. The Kier molecular flexibility index (Phi) is 4.13. The molecule has 0 aliphatic carbocycles. The van der Waals surface area contributed by atoms with Crippen LogP contribution < -0.4 is 0 Å². The summed E-state index contributed by atoms with van der Waals surface area (Å²) in [4.78, 5) is 26.0. The van der Waals surface area contributed by atoms with Gasteiger partial charge in [0.25, 0.3) is 11.6 Å². The van der Waals surface area contributed by atoms with Gasteiger partial charge in [-0.25, -0.2) is 0 Å². The number of benzene rings is 1. The Hall–Kier alpha value is -1.92. The topological polar surface area (TPSA) is 63.4 Å². The van der Waals surface area contributed by atoms with Crippen LogP contribution in [0.25, 0.3) is 0 Å². The van der Waals surface area contributed by atoms with E-state index in [9.17, 15) is 14.9 Å². The van der Waals surface area contributed by atoms with Crippen LogP contribution in [0.4, 0.5) is 5.69 Å².